The summed E-state index contributed by atoms with van der Waals surface area (Å²) in [6.07, 6.45) is 11.4. The molecule has 1 aromatic carbocycles. The van der Waals surface area contributed by atoms with Crippen molar-refractivity contribution in [2.45, 2.75) is 119 Å². The van der Waals surface area contributed by atoms with Gasteiger partial charge in [-0.25, -0.2) is 0 Å². The number of carbonyl (C=O) groups is 1. The molecule has 9 nitrogen and oxygen atoms in total. The summed E-state index contributed by atoms with van der Waals surface area (Å²) in [5.41, 5.74) is 0.855. The van der Waals surface area contributed by atoms with Crippen molar-refractivity contribution in [2.24, 2.45) is 17.8 Å². The van der Waals surface area contributed by atoms with Crippen molar-refractivity contribution in [1.82, 2.24) is 9.80 Å². The molecule has 1 aliphatic rings. The molecule has 3 atom stereocenters. The Morgan fingerprint density at radius 3 is 1.88 bits per heavy atom. The van der Waals surface area contributed by atoms with E-state index in [2.05, 4.69) is 51.3 Å². The molecule has 1 aliphatic heterocycles. The van der Waals surface area contributed by atoms with Crippen LogP contribution in [0.15, 0.2) is 12.1 Å². The van der Waals surface area contributed by atoms with E-state index in [0.717, 1.165) is 83.4 Å². The van der Waals surface area contributed by atoms with E-state index in [0.29, 0.717) is 74.5 Å². The third-order valence-electron chi connectivity index (χ3n) is 9.83. The van der Waals surface area contributed by atoms with Gasteiger partial charge in [0.15, 0.2) is 11.5 Å². The Balaban J connectivity index is 2.07. The molecule has 0 saturated carbocycles. The highest BCUT2D eigenvalue weighted by Crippen LogP contribution is 2.40. The fourth-order valence-electron chi connectivity index (χ4n) is 5.91. The Morgan fingerprint density at radius 1 is 0.755 bits per heavy atom. The fourth-order valence-corrected chi connectivity index (χ4v) is 5.91. The van der Waals surface area contributed by atoms with Crippen LogP contribution in [0, 0.1) is 17.8 Å². The number of unbranched alkanes of at least 4 members (excludes halogenated alkanes) is 2. The van der Waals surface area contributed by atoms with Crippen LogP contribution in [0.5, 0.6) is 17.2 Å². The van der Waals surface area contributed by atoms with Crippen LogP contribution < -0.4 is 14.2 Å². The van der Waals surface area contributed by atoms with Crippen molar-refractivity contribution in [3.05, 3.63) is 17.7 Å². The molecule has 1 aromatic rings. The van der Waals surface area contributed by atoms with Gasteiger partial charge in [0.05, 0.1) is 39.6 Å². The van der Waals surface area contributed by atoms with E-state index in [9.17, 15) is 4.79 Å². The quantitative estimate of drug-likeness (QED) is 0.0669. The third kappa shape index (κ3) is 18.1. The van der Waals surface area contributed by atoms with Gasteiger partial charge < -0.3 is 33.7 Å². The summed E-state index contributed by atoms with van der Waals surface area (Å²) in [4.78, 5) is 17.7. The number of esters is 1. The van der Waals surface area contributed by atoms with Crippen molar-refractivity contribution in [1.29, 1.82) is 0 Å². The number of nitrogens with zero attached hydrogens (tertiary/aromatic N) is 2. The number of aliphatic hydroxyl groups excluding tert-OH is 1. The lowest BCUT2D eigenvalue weighted by Gasteiger charge is -2.34. The Kier molecular flexibility index (Phi) is 23.5. The summed E-state index contributed by atoms with van der Waals surface area (Å²) in [5.74, 6) is 3.21. The second-order valence-corrected chi connectivity index (χ2v) is 14.0. The van der Waals surface area contributed by atoms with Crippen molar-refractivity contribution < 1.29 is 33.6 Å². The van der Waals surface area contributed by atoms with Crippen LogP contribution in [0.1, 0.15) is 118 Å². The molecule has 0 spiro atoms. The predicted molar refractivity (Wildman–Crippen MR) is 199 cm³/mol. The SMILES string of the molecule is CCCCC(CC)COc1cc(COC(=O)CCCN2CCN(CCOCCO)CC2)cc(OCC(C)CC)c1OCC(CC)CCCC. The molecule has 0 radical (unpaired) electrons. The second kappa shape index (κ2) is 26.7. The maximum Gasteiger partial charge on any atom is 0.306 e. The molecule has 1 heterocycles. The van der Waals surface area contributed by atoms with Gasteiger partial charge in [0.2, 0.25) is 5.75 Å². The molecule has 3 unspecified atom stereocenters. The minimum Gasteiger partial charge on any atom is -0.489 e. The van der Waals surface area contributed by atoms with Crippen LogP contribution in [-0.4, -0.2) is 99.8 Å². The normalized spacial score (nSPS) is 15.9. The standard InChI is InChI=1S/C40H72N2O7/c1-7-12-15-34(10-4)30-47-38-28-36(27-37(46-29-33(6)9-3)40(38)49-31-35(11-5)16-13-8-2)32-48-39(44)17-14-18-41-19-21-42(22-20-41)23-25-45-26-24-43/h27-28,33-35,43H,7-26,29-32H2,1-6H3. The highest BCUT2D eigenvalue weighted by atomic mass is 16.5. The van der Waals surface area contributed by atoms with Gasteiger partial charge >= 0.3 is 5.97 Å². The van der Waals surface area contributed by atoms with E-state index < -0.39 is 0 Å². The van der Waals surface area contributed by atoms with Crippen LogP contribution >= 0.6 is 0 Å². The fraction of sp³-hybridized carbons (Fsp3) is 0.825. The molecule has 2 rings (SSSR count). The van der Waals surface area contributed by atoms with E-state index >= 15 is 0 Å². The van der Waals surface area contributed by atoms with Crippen LogP contribution in [-0.2, 0) is 20.9 Å². The zero-order valence-corrected chi connectivity index (χ0v) is 32.1. The third-order valence-corrected chi connectivity index (χ3v) is 9.83. The topological polar surface area (TPSA) is 89.9 Å². The first-order chi connectivity index (χ1) is 23.9. The first kappa shape index (κ1) is 43.1. The minimum atomic E-state index is -0.183. The van der Waals surface area contributed by atoms with Gasteiger partial charge in [-0.15, -0.1) is 0 Å². The largest absolute Gasteiger partial charge is 0.489 e. The van der Waals surface area contributed by atoms with Crippen LogP contribution in [0.25, 0.3) is 0 Å². The Hall–Kier alpha value is -2.07. The second-order valence-electron chi connectivity index (χ2n) is 14.0. The number of carbonyl (C=O) groups excluding carboxylic acids is 1. The molecule has 1 N–H and O–H groups in total. The molecule has 1 fully saturated rings. The maximum atomic E-state index is 12.9. The molecule has 1 saturated heterocycles. The van der Waals surface area contributed by atoms with E-state index in [1.807, 2.05) is 12.1 Å². The zero-order valence-electron chi connectivity index (χ0n) is 32.1. The molecule has 0 bridgehead atoms. The first-order valence-electron chi connectivity index (χ1n) is 19.7. The average molecular weight is 693 g/mol. The molecule has 0 aliphatic carbocycles. The lowest BCUT2D eigenvalue weighted by molar-refractivity contribution is -0.145. The average Bonchev–Trinajstić information content (AvgIpc) is 3.12. The number of hydrogen-bond acceptors (Lipinski definition) is 9. The smallest absolute Gasteiger partial charge is 0.306 e. The monoisotopic (exact) mass is 693 g/mol. The Morgan fingerprint density at radius 2 is 1.33 bits per heavy atom. The minimum absolute atomic E-state index is 0.0676. The lowest BCUT2D eigenvalue weighted by Crippen LogP contribution is -2.47. The first-order valence-corrected chi connectivity index (χ1v) is 19.7. The van der Waals surface area contributed by atoms with Gasteiger partial charge in [-0.05, 0) is 61.3 Å². The summed E-state index contributed by atoms with van der Waals surface area (Å²) >= 11 is 0. The number of piperazine rings is 1. The number of benzene rings is 1. The van der Waals surface area contributed by atoms with E-state index in [-0.39, 0.29) is 19.2 Å². The van der Waals surface area contributed by atoms with E-state index in [4.69, 9.17) is 28.8 Å². The van der Waals surface area contributed by atoms with Gasteiger partial charge in [-0.2, -0.15) is 0 Å². The summed E-state index contributed by atoms with van der Waals surface area (Å²) in [5, 5.41) is 8.86. The summed E-state index contributed by atoms with van der Waals surface area (Å²) < 4.78 is 30.8. The molecular weight excluding hydrogens is 620 g/mol. The van der Waals surface area contributed by atoms with E-state index in [1.54, 1.807) is 0 Å². The maximum absolute atomic E-state index is 12.9. The van der Waals surface area contributed by atoms with Gasteiger partial charge in [0, 0.05) is 39.1 Å². The highest BCUT2D eigenvalue weighted by molar-refractivity contribution is 5.69. The molecular formula is C40H72N2O7. The van der Waals surface area contributed by atoms with E-state index in [1.165, 1.54) is 25.7 Å². The molecule has 284 valence electrons. The predicted octanol–water partition coefficient (Wildman–Crippen LogP) is 7.75. The van der Waals surface area contributed by atoms with Gasteiger partial charge in [-0.1, -0.05) is 86.5 Å². The van der Waals surface area contributed by atoms with Crippen molar-refractivity contribution in [3.63, 3.8) is 0 Å². The van der Waals surface area contributed by atoms with Gasteiger partial charge in [0.25, 0.3) is 0 Å². The number of hydrogen-bond donors (Lipinski definition) is 1. The number of aliphatic hydroxyl groups is 1. The number of rotatable bonds is 29. The summed E-state index contributed by atoms with van der Waals surface area (Å²) in [6.45, 7) is 22.2. The molecule has 0 amide bonds. The summed E-state index contributed by atoms with van der Waals surface area (Å²) in [7, 11) is 0. The summed E-state index contributed by atoms with van der Waals surface area (Å²) in [6, 6.07) is 3.97. The Labute approximate surface area is 299 Å². The van der Waals surface area contributed by atoms with Crippen molar-refractivity contribution in [3.8, 4) is 17.2 Å². The number of ether oxygens (including phenoxy) is 5. The van der Waals surface area contributed by atoms with Crippen LogP contribution in [0.3, 0.4) is 0 Å². The van der Waals surface area contributed by atoms with Crippen LogP contribution in [0.2, 0.25) is 0 Å². The highest BCUT2D eigenvalue weighted by Gasteiger charge is 2.21. The molecule has 0 aromatic heterocycles. The van der Waals surface area contributed by atoms with Gasteiger partial charge in [-0.3, -0.25) is 9.69 Å². The van der Waals surface area contributed by atoms with Gasteiger partial charge in [0.1, 0.15) is 6.61 Å². The molecule has 9 heteroatoms. The molecule has 49 heavy (non-hydrogen) atoms. The lowest BCUT2D eigenvalue weighted by atomic mass is 10.0. The Bertz CT molecular complexity index is 986. The van der Waals surface area contributed by atoms with Crippen LogP contribution in [0.4, 0.5) is 0 Å². The van der Waals surface area contributed by atoms with Crippen molar-refractivity contribution >= 4 is 5.97 Å². The zero-order chi connectivity index (χ0) is 35.7. The van der Waals surface area contributed by atoms with Crippen molar-refractivity contribution in [2.75, 3.05) is 78.9 Å².